The van der Waals surface area contributed by atoms with E-state index in [1.54, 1.807) is 0 Å². The van der Waals surface area contributed by atoms with Gasteiger partial charge < -0.3 is 5.11 Å². The van der Waals surface area contributed by atoms with E-state index < -0.39 is 11.9 Å². The molecular formula is C17H15NO2. The van der Waals surface area contributed by atoms with Crippen molar-refractivity contribution >= 4 is 5.97 Å². The number of carboxylic acids is 1. The lowest BCUT2D eigenvalue weighted by atomic mass is 9.80. The summed E-state index contributed by atoms with van der Waals surface area (Å²) in [6.07, 6.45) is -0.0584. The number of rotatable bonds is 5. The first kappa shape index (κ1) is 13.8. The minimum Gasteiger partial charge on any atom is -0.481 e. The Hall–Kier alpha value is -2.60. The highest BCUT2D eigenvalue weighted by Gasteiger charge is 2.26. The van der Waals surface area contributed by atoms with E-state index in [1.807, 2.05) is 60.7 Å². The zero-order valence-electron chi connectivity index (χ0n) is 10.9. The van der Waals surface area contributed by atoms with Crippen LogP contribution in [0.2, 0.25) is 0 Å². The van der Waals surface area contributed by atoms with Crippen LogP contribution in [0, 0.1) is 11.3 Å². The van der Waals surface area contributed by atoms with Gasteiger partial charge >= 0.3 is 5.97 Å². The highest BCUT2D eigenvalue weighted by atomic mass is 16.4. The number of hydrogen-bond donors (Lipinski definition) is 1. The Morgan fingerprint density at radius 2 is 1.50 bits per heavy atom. The van der Waals surface area contributed by atoms with Crippen molar-refractivity contribution in [3.8, 4) is 6.07 Å². The average molecular weight is 265 g/mol. The van der Waals surface area contributed by atoms with E-state index in [0.29, 0.717) is 0 Å². The Labute approximate surface area is 118 Å². The van der Waals surface area contributed by atoms with Crippen LogP contribution in [-0.4, -0.2) is 11.1 Å². The maximum absolute atomic E-state index is 11.1. The zero-order valence-corrected chi connectivity index (χ0v) is 10.9. The molecule has 2 aromatic rings. The average Bonchev–Trinajstić information content (AvgIpc) is 2.49. The summed E-state index contributed by atoms with van der Waals surface area (Å²) in [5, 5.41) is 18.6. The summed E-state index contributed by atoms with van der Waals surface area (Å²) in [5.74, 6) is -1.70. The third-order valence-electron chi connectivity index (χ3n) is 3.32. The number of hydrogen-bond acceptors (Lipinski definition) is 2. The van der Waals surface area contributed by atoms with Gasteiger partial charge in [0.15, 0.2) is 0 Å². The Morgan fingerprint density at radius 3 is 1.95 bits per heavy atom. The van der Waals surface area contributed by atoms with Crippen molar-refractivity contribution in [2.75, 3.05) is 0 Å². The van der Waals surface area contributed by atoms with E-state index >= 15 is 0 Å². The van der Waals surface area contributed by atoms with E-state index in [-0.39, 0.29) is 12.3 Å². The lowest BCUT2D eigenvalue weighted by Crippen LogP contribution is -2.14. The number of nitrogens with zero attached hydrogens (tertiary/aromatic N) is 1. The second-order valence-corrected chi connectivity index (χ2v) is 4.63. The summed E-state index contributed by atoms with van der Waals surface area (Å²) in [6.45, 7) is 0. The predicted molar refractivity (Wildman–Crippen MR) is 76.2 cm³/mol. The highest BCUT2D eigenvalue weighted by Crippen LogP contribution is 2.35. The van der Waals surface area contributed by atoms with Crippen molar-refractivity contribution < 1.29 is 9.90 Å². The van der Waals surface area contributed by atoms with Gasteiger partial charge in [0, 0.05) is 5.92 Å². The molecule has 0 aliphatic heterocycles. The van der Waals surface area contributed by atoms with Gasteiger partial charge in [-0.2, -0.15) is 5.26 Å². The third-order valence-corrected chi connectivity index (χ3v) is 3.32. The quantitative estimate of drug-likeness (QED) is 0.899. The standard InChI is InChI=1S/C17H15NO2/c18-12-16(14-9-5-2-6-10-14)15(11-17(19)20)13-7-3-1-4-8-13/h1-10,15-16H,11H2,(H,19,20)/t15-,16-/m0/s1. The maximum Gasteiger partial charge on any atom is 0.304 e. The lowest BCUT2D eigenvalue weighted by Gasteiger charge is -2.21. The molecule has 100 valence electrons. The molecule has 0 aromatic heterocycles. The number of nitriles is 1. The molecule has 0 radical (unpaired) electrons. The van der Waals surface area contributed by atoms with Crippen LogP contribution >= 0.6 is 0 Å². The van der Waals surface area contributed by atoms with Gasteiger partial charge in [0.05, 0.1) is 18.4 Å². The van der Waals surface area contributed by atoms with Crippen molar-refractivity contribution in [1.29, 1.82) is 5.26 Å². The largest absolute Gasteiger partial charge is 0.481 e. The molecule has 0 unspecified atom stereocenters. The molecule has 3 heteroatoms. The molecule has 0 heterocycles. The lowest BCUT2D eigenvalue weighted by molar-refractivity contribution is -0.137. The number of carboxylic acid groups (broad SMARTS) is 1. The van der Waals surface area contributed by atoms with E-state index in [2.05, 4.69) is 6.07 Å². The van der Waals surface area contributed by atoms with Crippen LogP contribution in [0.3, 0.4) is 0 Å². The Balaban J connectivity index is 2.40. The smallest absolute Gasteiger partial charge is 0.304 e. The van der Waals surface area contributed by atoms with Crippen molar-refractivity contribution in [1.82, 2.24) is 0 Å². The van der Waals surface area contributed by atoms with E-state index in [1.165, 1.54) is 0 Å². The van der Waals surface area contributed by atoms with Crippen LogP contribution in [-0.2, 0) is 4.79 Å². The molecule has 0 amide bonds. The molecule has 0 fully saturated rings. The van der Waals surface area contributed by atoms with Crippen LogP contribution < -0.4 is 0 Å². The number of aliphatic carboxylic acids is 1. The topological polar surface area (TPSA) is 61.1 Å². The maximum atomic E-state index is 11.1. The SMILES string of the molecule is N#C[C@@H](c1ccccc1)[C@@H](CC(=O)O)c1ccccc1. The third kappa shape index (κ3) is 3.24. The fraction of sp³-hybridized carbons (Fsp3) is 0.176. The first-order valence-electron chi connectivity index (χ1n) is 6.43. The molecular weight excluding hydrogens is 250 g/mol. The summed E-state index contributed by atoms with van der Waals surface area (Å²) in [7, 11) is 0. The van der Waals surface area contributed by atoms with Gasteiger partial charge in [0.2, 0.25) is 0 Å². The molecule has 3 nitrogen and oxygen atoms in total. The van der Waals surface area contributed by atoms with Gasteiger partial charge in [-0.1, -0.05) is 60.7 Å². The second kappa shape index (κ2) is 6.53. The monoisotopic (exact) mass is 265 g/mol. The molecule has 2 atom stereocenters. The summed E-state index contributed by atoms with van der Waals surface area (Å²) < 4.78 is 0. The van der Waals surface area contributed by atoms with Crippen molar-refractivity contribution in [2.45, 2.75) is 18.3 Å². The predicted octanol–water partition coefficient (Wildman–Crippen LogP) is 3.55. The van der Waals surface area contributed by atoms with Crippen LogP contribution in [0.1, 0.15) is 29.4 Å². The van der Waals surface area contributed by atoms with E-state index in [4.69, 9.17) is 5.11 Å². The molecule has 0 aliphatic carbocycles. The van der Waals surface area contributed by atoms with Gasteiger partial charge in [0.25, 0.3) is 0 Å². The second-order valence-electron chi connectivity index (χ2n) is 4.63. The first-order valence-corrected chi connectivity index (χ1v) is 6.43. The minimum atomic E-state index is -0.893. The molecule has 2 rings (SSSR count). The minimum absolute atomic E-state index is 0.0584. The van der Waals surface area contributed by atoms with Gasteiger partial charge in [0.1, 0.15) is 0 Å². The molecule has 0 saturated carbocycles. The van der Waals surface area contributed by atoms with Crippen molar-refractivity contribution in [3.63, 3.8) is 0 Å². The fourth-order valence-corrected chi connectivity index (χ4v) is 2.37. The molecule has 20 heavy (non-hydrogen) atoms. The molecule has 0 saturated heterocycles. The summed E-state index contributed by atoms with van der Waals surface area (Å²) in [6, 6.07) is 21.0. The van der Waals surface area contributed by atoms with Crippen molar-refractivity contribution in [3.05, 3.63) is 71.8 Å². The summed E-state index contributed by atoms with van der Waals surface area (Å²) >= 11 is 0. The molecule has 0 aliphatic rings. The summed E-state index contributed by atoms with van der Waals surface area (Å²) in [4.78, 5) is 11.1. The van der Waals surface area contributed by atoms with Crippen LogP contribution in [0.25, 0.3) is 0 Å². The fourth-order valence-electron chi connectivity index (χ4n) is 2.37. The first-order chi connectivity index (χ1) is 9.72. The normalized spacial score (nSPS) is 13.2. The Bertz CT molecular complexity index is 602. The van der Waals surface area contributed by atoms with Gasteiger partial charge in [-0.15, -0.1) is 0 Å². The number of benzene rings is 2. The van der Waals surface area contributed by atoms with Crippen LogP contribution in [0.4, 0.5) is 0 Å². The zero-order chi connectivity index (χ0) is 14.4. The van der Waals surface area contributed by atoms with Gasteiger partial charge in [-0.3, -0.25) is 4.79 Å². The Morgan fingerprint density at radius 1 is 1.00 bits per heavy atom. The van der Waals surface area contributed by atoms with Crippen LogP contribution in [0.15, 0.2) is 60.7 Å². The molecule has 0 bridgehead atoms. The number of carbonyl (C=O) groups is 1. The molecule has 1 N–H and O–H groups in total. The van der Waals surface area contributed by atoms with Gasteiger partial charge in [-0.05, 0) is 11.1 Å². The highest BCUT2D eigenvalue weighted by molar-refractivity contribution is 5.68. The van der Waals surface area contributed by atoms with Gasteiger partial charge in [-0.25, -0.2) is 0 Å². The van der Waals surface area contributed by atoms with Crippen LogP contribution in [0.5, 0.6) is 0 Å². The van der Waals surface area contributed by atoms with Crippen molar-refractivity contribution in [2.24, 2.45) is 0 Å². The Kier molecular flexibility index (Phi) is 4.52. The van der Waals surface area contributed by atoms with E-state index in [0.717, 1.165) is 11.1 Å². The van der Waals surface area contributed by atoms with E-state index in [9.17, 15) is 10.1 Å². The molecule has 0 spiro atoms. The molecule has 2 aromatic carbocycles. The summed E-state index contributed by atoms with van der Waals surface area (Å²) in [5.41, 5.74) is 1.73.